The van der Waals surface area contributed by atoms with Crippen LogP contribution in [-0.2, 0) is 6.42 Å². The van der Waals surface area contributed by atoms with Crippen molar-refractivity contribution >= 4 is 5.78 Å². The lowest BCUT2D eigenvalue weighted by Gasteiger charge is -2.06. The van der Waals surface area contributed by atoms with Crippen molar-refractivity contribution in [3.63, 3.8) is 0 Å². The van der Waals surface area contributed by atoms with Gasteiger partial charge >= 0.3 is 0 Å². The summed E-state index contributed by atoms with van der Waals surface area (Å²) in [6.07, 6.45) is 2.57. The Kier molecular flexibility index (Phi) is 4.23. The summed E-state index contributed by atoms with van der Waals surface area (Å²) >= 11 is 0. The Morgan fingerprint density at radius 2 is 1.32 bits per heavy atom. The topological polar surface area (TPSA) is 17.1 Å². The lowest BCUT2D eigenvalue weighted by atomic mass is 9.98. The summed E-state index contributed by atoms with van der Waals surface area (Å²) in [7, 11) is 0. The third-order valence-electron chi connectivity index (χ3n) is 5.24. The standard InChI is InChI=1S/C24H22O/c1-17-15-23(17)16-18-7-9-19(10-8-18)20-11-13-22(14-12-20)24(25)21-5-3-2-4-6-21/h2-14,17,23H,15-16H2,1H3. The Hall–Kier alpha value is -2.67. The van der Waals surface area contributed by atoms with Crippen molar-refractivity contribution in [2.24, 2.45) is 11.8 Å². The molecule has 0 radical (unpaired) electrons. The molecule has 1 nitrogen and oxygen atoms in total. The van der Waals surface area contributed by atoms with Gasteiger partial charge in [-0.25, -0.2) is 0 Å². The first-order valence-electron chi connectivity index (χ1n) is 9.00. The summed E-state index contributed by atoms with van der Waals surface area (Å²) in [5.74, 6) is 1.85. The summed E-state index contributed by atoms with van der Waals surface area (Å²) in [4.78, 5) is 12.5. The Balaban J connectivity index is 1.49. The molecular formula is C24H22O. The van der Waals surface area contributed by atoms with Gasteiger partial charge in [0.2, 0.25) is 0 Å². The van der Waals surface area contributed by atoms with Crippen molar-refractivity contribution in [3.05, 3.63) is 95.6 Å². The quantitative estimate of drug-likeness (QED) is 0.543. The van der Waals surface area contributed by atoms with Crippen LogP contribution in [0.4, 0.5) is 0 Å². The highest BCUT2D eigenvalue weighted by atomic mass is 16.1. The Morgan fingerprint density at radius 3 is 1.88 bits per heavy atom. The maximum atomic E-state index is 12.5. The molecule has 3 aromatic carbocycles. The summed E-state index contributed by atoms with van der Waals surface area (Å²) in [6, 6.07) is 26.2. The van der Waals surface area contributed by atoms with Crippen LogP contribution < -0.4 is 0 Å². The Bertz CT molecular complexity index is 860. The van der Waals surface area contributed by atoms with E-state index >= 15 is 0 Å². The predicted molar refractivity (Wildman–Crippen MR) is 103 cm³/mol. The zero-order valence-electron chi connectivity index (χ0n) is 14.5. The highest BCUT2D eigenvalue weighted by Crippen LogP contribution is 2.40. The zero-order valence-corrected chi connectivity index (χ0v) is 14.5. The molecular weight excluding hydrogens is 304 g/mol. The van der Waals surface area contributed by atoms with Gasteiger partial charge in [-0.2, -0.15) is 0 Å². The van der Waals surface area contributed by atoms with E-state index in [-0.39, 0.29) is 5.78 Å². The molecule has 0 aromatic heterocycles. The largest absolute Gasteiger partial charge is 0.289 e. The van der Waals surface area contributed by atoms with E-state index in [0.29, 0.717) is 0 Å². The lowest BCUT2D eigenvalue weighted by Crippen LogP contribution is -2.00. The molecule has 2 atom stereocenters. The molecule has 1 aliphatic carbocycles. The molecule has 3 aromatic rings. The van der Waals surface area contributed by atoms with Crippen molar-refractivity contribution in [1.29, 1.82) is 0 Å². The molecule has 0 heterocycles. The molecule has 0 aliphatic heterocycles. The number of hydrogen-bond acceptors (Lipinski definition) is 1. The van der Waals surface area contributed by atoms with E-state index in [2.05, 4.69) is 31.2 Å². The molecule has 124 valence electrons. The van der Waals surface area contributed by atoms with Gasteiger partial charge in [-0.1, -0.05) is 85.8 Å². The van der Waals surface area contributed by atoms with Gasteiger partial charge in [-0.3, -0.25) is 4.79 Å². The van der Waals surface area contributed by atoms with Crippen molar-refractivity contribution in [2.75, 3.05) is 0 Å². The summed E-state index contributed by atoms with van der Waals surface area (Å²) in [5, 5.41) is 0. The van der Waals surface area contributed by atoms with Crippen molar-refractivity contribution in [1.82, 2.24) is 0 Å². The maximum absolute atomic E-state index is 12.5. The second-order valence-corrected chi connectivity index (χ2v) is 7.15. The molecule has 1 heteroatoms. The van der Waals surface area contributed by atoms with Crippen LogP contribution in [0.2, 0.25) is 0 Å². The Labute approximate surface area is 149 Å². The van der Waals surface area contributed by atoms with E-state index in [1.807, 2.05) is 54.6 Å². The van der Waals surface area contributed by atoms with Crippen LogP contribution in [0.25, 0.3) is 11.1 Å². The Morgan fingerprint density at radius 1 is 0.800 bits per heavy atom. The van der Waals surface area contributed by atoms with E-state index in [1.54, 1.807) is 0 Å². The SMILES string of the molecule is CC1CC1Cc1ccc(-c2ccc(C(=O)c3ccccc3)cc2)cc1. The average Bonchev–Trinajstić information content (AvgIpc) is 3.37. The van der Waals surface area contributed by atoms with Crippen molar-refractivity contribution < 1.29 is 4.79 Å². The molecule has 0 N–H and O–H groups in total. The molecule has 0 spiro atoms. The van der Waals surface area contributed by atoms with Gasteiger partial charge in [0, 0.05) is 11.1 Å². The summed E-state index contributed by atoms with van der Waals surface area (Å²) < 4.78 is 0. The minimum atomic E-state index is 0.0704. The number of benzene rings is 3. The van der Waals surface area contributed by atoms with Crippen LogP contribution in [0.1, 0.15) is 34.8 Å². The van der Waals surface area contributed by atoms with Crippen molar-refractivity contribution in [2.45, 2.75) is 19.8 Å². The minimum absolute atomic E-state index is 0.0704. The minimum Gasteiger partial charge on any atom is -0.289 e. The first-order chi connectivity index (χ1) is 12.2. The zero-order chi connectivity index (χ0) is 17.2. The van der Waals surface area contributed by atoms with Gasteiger partial charge in [-0.15, -0.1) is 0 Å². The van der Waals surface area contributed by atoms with E-state index in [9.17, 15) is 4.79 Å². The number of hydrogen-bond donors (Lipinski definition) is 0. The highest BCUT2D eigenvalue weighted by molar-refractivity contribution is 6.09. The molecule has 1 aliphatic rings. The number of rotatable bonds is 5. The predicted octanol–water partition coefficient (Wildman–Crippen LogP) is 5.78. The third-order valence-corrected chi connectivity index (χ3v) is 5.24. The van der Waals surface area contributed by atoms with Gasteiger partial charge in [0.1, 0.15) is 0 Å². The highest BCUT2D eigenvalue weighted by Gasteiger charge is 2.31. The van der Waals surface area contributed by atoms with Crippen LogP contribution in [-0.4, -0.2) is 5.78 Å². The first kappa shape index (κ1) is 15.8. The molecule has 0 amide bonds. The average molecular weight is 326 g/mol. The van der Waals surface area contributed by atoms with E-state index in [1.165, 1.54) is 24.0 Å². The van der Waals surface area contributed by atoms with Crippen LogP contribution >= 0.6 is 0 Å². The van der Waals surface area contributed by atoms with Crippen LogP contribution in [0.5, 0.6) is 0 Å². The fourth-order valence-electron chi connectivity index (χ4n) is 3.39. The second-order valence-electron chi connectivity index (χ2n) is 7.15. The van der Waals surface area contributed by atoms with Gasteiger partial charge in [-0.05, 0) is 41.4 Å². The van der Waals surface area contributed by atoms with E-state index in [0.717, 1.165) is 28.5 Å². The molecule has 25 heavy (non-hydrogen) atoms. The molecule has 1 saturated carbocycles. The summed E-state index contributed by atoms with van der Waals surface area (Å²) in [6.45, 7) is 2.33. The summed E-state index contributed by atoms with van der Waals surface area (Å²) in [5.41, 5.74) is 5.24. The number of ketones is 1. The fraction of sp³-hybridized carbons (Fsp3) is 0.208. The lowest BCUT2D eigenvalue weighted by molar-refractivity contribution is 0.103. The fourth-order valence-corrected chi connectivity index (χ4v) is 3.39. The molecule has 0 bridgehead atoms. The first-order valence-corrected chi connectivity index (χ1v) is 9.00. The molecule has 1 fully saturated rings. The molecule has 4 rings (SSSR count). The van der Waals surface area contributed by atoms with E-state index < -0.39 is 0 Å². The molecule has 0 saturated heterocycles. The van der Waals surface area contributed by atoms with Gasteiger partial charge in [0.15, 0.2) is 5.78 Å². The van der Waals surface area contributed by atoms with Crippen LogP contribution in [0.15, 0.2) is 78.9 Å². The molecule has 2 unspecified atom stereocenters. The van der Waals surface area contributed by atoms with Crippen LogP contribution in [0, 0.1) is 11.8 Å². The van der Waals surface area contributed by atoms with Gasteiger partial charge in [0.05, 0.1) is 0 Å². The number of carbonyl (C=O) groups excluding carboxylic acids is 1. The van der Waals surface area contributed by atoms with Crippen LogP contribution in [0.3, 0.4) is 0 Å². The third kappa shape index (κ3) is 3.56. The van der Waals surface area contributed by atoms with E-state index in [4.69, 9.17) is 0 Å². The maximum Gasteiger partial charge on any atom is 0.193 e. The van der Waals surface area contributed by atoms with Gasteiger partial charge < -0.3 is 0 Å². The normalized spacial score (nSPS) is 18.8. The van der Waals surface area contributed by atoms with Crippen molar-refractivity contribution in [3.8, 4) is 11.1 Å². The number of carbonyl (C=O) groups is 1. The monoisotopic (exact) mass is 326 g/mol. The smallest absolute Gasteiger partial charge is 0.193 e. The second kappa shape index (κ2) is 6.68. The van der Waals surface area contributed by atoms with Gasteiger partial charge in [0.25, 0.3) is 0 Å².